The third kappa shape index (κ3) is 4.82. The van der Waals surface area contributed by atoms with E-state index in [9.17, 15) is 14.9 Å². The summed E-state index contributed by atoms with van der Waals surface area (Å²) in [6, 6.07) is 14.3. The van der Waals surface area contributed by atoms with Crippen LogP contribution in [0.4, 0.5) is 5.69 Å². The molecule has 0 aliphatic carbocycles. The quantitative estimate of drug-likeness (QED) is 0.408. The van der Waals surface area contributed by atoms with Crippen molar-refractivity contribution in [3.8, 4) is 0 Å². The minimum absolute atomic E-state index is 0.0688. The van der Waals surface area contributed by atoms with E-state index in [1.807, 2.05) is 31.2 Å². The number of nitro benzene ring substituents is 1. The summed E-state index contributed by atoms with van der Waals surface area (Å²) in [5.41, 5.74) is 2.95. The van der Waals surface area contributed by atoms with Gasteiger partial charge in [-0.1, -0.05) is 29.8 Å². The Kier molecular flexibility index (Phi) is 6.54. The van der Waals surface area contributed by atoms with E-state index in [1.54, 1.807) is 19.2 Å². The largest absolute Gasteiger partial charge is 0.375 e. The second-order valence-electron chi connectivity index (χ2n) is 7.38. The van der Waals surface area contributed by atoms with Gasteiger partial charge in [0.25, 0.3) is 5.69 Å². The van der Waals surface area contributed by atoms with E-state index in [-0.39, 0.29) is 23.5 Å². The number of hydrogen-bond acceptors (Lipinski definition) is 5. The molecule has 0 bridgehead atoms. The molecule has 1 unspecified atom stereocenters. The van der Waals surface area contributed by atoms with Crippen LogP contribution in [0.5, 0.6) is 0 Å². The zero-order valence-corrected chi connectivity index (χ0v) is 16.3. The summed E-state index contributed by atoms with van der Waals surface area (Å²) in [5.74, 6) is 0.303. The lowest BCUT2D eigenvalue weighted by molar-refractivity contribution is -0.384. The van der Waals surface area contributed by atoms with Crippen molar-refractivity contribution in [2.24, 2.45) is 5.92 Å². The molecule has 1 aliphatic heterocycles. The first-order chi connectivity index (χ1) is 13.5. The lowest BCUT2D eigenvalue weighted by atomic mass is 9.88. The number of benzene rings is 2. The summed E-state index contributed by atoms with van der Waals surface area (Å²) in [6.45, 7) is 4.41. The maximum Gasteiger partial charge on any atom is 0.269 e. The lowest BCUT2D eigenvalue weighted by Gasteiger charge is -2.33. The average Bonchev–Trinajstić information content (AvgIpc) is 2.72. The topological polar surface area (TPSA) is 72.7 Å². The molecule has 3 rings (SSSR count). The third-order valence-corrected chi connectivity index (χ3v) is 5.48. The van der Waals surface area contributed by atoms with Gasteiger partial charge in [-0.15, -0.1) is 0 Å². The van der Waals surface area contributed by atoms with Crippen molar-refractivity contribution in [1.82, 2.24) is 4.90 Å². The lowest BCUT2D eigenvalue weighted by Crippen LogP contribution is -2.39. The summed E-state index contributed by atoms with van der Waals surface area (Å²) < 4.78 is 5.62. The van der Waals surface area contributed by atoms with Gasteiger partial charge in [0.05, 0.1) is 11.0 Å². The number of ketones is 1. The fourth-order valence-corrected chi connectivity index (χ4v) is 3.69. The zero-order chi connectivity index (χ0) is 20.1. The fourth-order valence-electron chi connectivity index (χ4n) is 3.69. The number of carbonyl (C=O) groups excluding carboxylic acids is 1. The number of Topliss-reactive ketones (excluding diaryl/α,β-unsaturated/α-hetero) is 1. The highest BCUT2D eigenvalue weighted by molar-refractivity contribution is 5.97. The molecule has 0 N–H and O–H groups in total. The van der Waals surface area contributed by atoms with Crippen molar-refractivity contribution in [3.63, 3.8) is 0 Å². The SMILES string of the molecule is COC(CN1CCC(C(=O)c2ccc(C)cc2)CC1)c1ccc([N+](=O)[O-])cc1. The van der Waals surface area contributed by atoms with Crippen molar-refractivity contribution in [3.05, 3.63) is 75.3 Å². The molecule has 148 valence electrons. The Bertz CT molecular complexity index is 809. The summed E-state index contributed by atoms with van der Waals surface area (Å²) in [5, 5.41) is 10.8. The molecule has 0 saturated carbocycles. The predicted octanol–water partition coefficient (Wildman–Crippen LogP) is 4.19. The van der Waals surface area contributed by atoms with Crippen molar-refractivity contribution in [2.75, 3.05) is 26.7 Å². The zero-order valence-electron chi connectivity index (χ0n) is 16.3. The molecule has 1 saturated heterocycles. The number of nitrogens with zero attached hydrogens (tertiary/aromatic N) is 2. The number of nitro groups is 1. The highest BCUT2D eigenvalue weighted by Crippen LogP contribution is 2.26. The van der Waals surface area contributed by atoms with Crippen LogP contribution in [0, 0.1) is 23.0 Å². The first-order valence-corrected chi connectivity index (χ1v) is 9.58. The first-order valence-electron chi connectivity index (χ1n) is 9.58. The molecule has 6 nitrogen and oxygen atoms in total. The molecule has 1 aliphatic rings. The van der Waals surface area contributed by atoms with Gasteiger partial charge in [-0.2, -0.15) is 0 Å². The van der Waals surface area contributed by atoms with Crippen LogP contribution in [0.3, 0.4) is 0 Å². The molecule has 28 heavy (non-hydrogen) atoms. The molecule has 0 amide bonds. The predicted molar refractivity (Wildman–Crippen MR) is 108 cm³/mol. The number of methoxy groups -OCH3 is 1. The number of piperidine rings is 1. The highest BCUT2D eigenvalue weighted by atomic mass is 16.6. The van der Waals surface area contributed by atoms with Gasteiger partial charge < -0.3 is 9.64 Å². The number of hydrogen-bond donors (Lipinski definition) is 0. The van der Waals surface area contributed by atoms with E-state index < -0.39 is 4.92 Å². The van der Waals surface area contributed by atoms with Gasteiger partial charge in [0.15, 0.2) is 5.78 Å². The first kappa shape index (κ1) is 20.2. The van der Waals surface area contributed by atoms with E-state index in [2.05, 4.69) is 4.90 Å². The number of carbonyl (C=O) groups is 1. The third-order valence-electron chi connectivity index (χ3n) is 5.48. The number of aryl methyl sites for hydroxylation is 1. The minimum Gasteiger partial charge on any atom is -0.375 e. The Morgan fingerprint density at radius 1 is 1.14 bits per heavy atom. The van der Waals surface area contributed by atoms with Crippen molar-refractivity contribution in [2.45, 2.75) is 25.9 Å². The van der Waals surface area contributed by atoms with Crippen LogP contribution in [0.1, 0.15) is 40.4 Å². The minimum atomic E-state index is -0.401. The highest BCUT2D eigenvalue weighted by Gasteiger charge is 2.27. The van der Waals surface area contributed by atoms with Gasteiger partial charge in [0.2, 0.25) is 0 Å². The van der Waals surface area contributed by atoms with Crippen LogP contribution in [0.25, 0.3) is 0 Å². The van der Waals surface area contributed by atoms with Crippen LogP contribution in [-0.4, -0.2) is 42.4 Å². The molecular formula is C22H26N2O4. The second-order valence-corrected chi connectivity index (χ2v) is 7.38. The molecule has 6 heteroatoms. The van der Waals surface area contributed by atoms with Gasteiger partial charge >= 0.3 is 0 Å². The van der Waals surface area contributed by atoms with Gasteiger partial charge in [-0.25, -0.2) is 0 Å². The van der Waals surface area contributed by atoms with E-state index in [0.29, 0.717) is 6.54 Å². The van der Waals surface area contributed by atoms with E-state index in [1.165, 1.54) is 12.1 Å². The number of likely N-dealkylation sites (tertiary alicyclic amines) is 1. The molecule has 0 radical (unpaired) electrons. The van der Waals surface area contributed by atoms with Crippen LogP contribution >= 0.6 is 0 Å². The fraction of sp³-hybridized carbons (Fsp3) is 0.409. The number of non-ortho nitro benzene ring substituents is 1. The monoisotopic (exact) mass is 382 g/mol. The maximum atomic E-state index is 12.7. The number of rotatable bonds is 7. The Hall–Kier alpha value is -2.57. The van der Waals surface area contributed by atoms with Gasteiger partial charge in [-0.3, -0.25) is 14.9 Å². The summed E-state index contributed by atoms with van der Waals surface area (Å²) in [6.07, 6.45) is 1.53. The van der Waals surface area contributed by atoms with Gasteiger partial charge in [0.1, 0.15) is 0 Å². The average molecular weight is 382 g/mol. The van der Waals surface area contributed by atoms with E-state index >= 15 is 0 Å². The molecular weight excluding hydrogens is 356 g/mol. The smallest absolute Gasteiger partial charge is 0.269 e. The van der Waals surface area contributed by atoms with E-state index in [0.717, 1.165) is 42.6 Å². The Balaban J connectivity index is 1.55. The summed E-state index contributed by atoms with van der Waals surface area (Å²) in [7, 11) is 1.65. The standard InChI is InChI=1S/C22H26N2O4/c1-16-3-5-18(6-4-16)22(25)19-11-13-23(14-12-19)15-21(28-2)17-7-9-20(10-8-17)24(26)27/h3-10,19,21H,11-15H2,1-2H3. The molecule has 0 spiro atoms. The number of ether oxygens (including phenoxy) is 1. The van der Waals surface area contributed by atoms with Crippen LogP contribution in [0.15, 0.2) is 48.5 Å². The Morgan fingerprint density at radius 2 is 1.75 bits per heavy atom. The van der Waals surface area contributed by atoms with Crippen LogP contribution < -0.4 is 0 Å². The van der Waals surface area contributed by atoms with Crippen LogP contribution in [0.2, 0.25) is 0 Å². The maximum absolute atomic E-state index is 12.7. The normalized spacial score (nSPS) is 16.6. The molecule has 1 fully saturated rings. The Morgan fingerprint density at radius 3 is 2.29 bits per heavy atom. The molecule has 2 aromatic carbocycles. The van der Waals surface area contributed by atoms with Gasteiger partial charge in [0, 0.05) is 37.3 Å². The Labute approximate surface area is 165 Å². The summed E-state index contributed by atoms with van der Waals surface area (Å²) >= 11 is 0. The second kappa shape index (κ2) is 9.08. The summed E-state index contributed by atoms with van der Waals surface area (Å²) in [4.78, 5) is 25.4. The van der Waals surface area contributed by atoms with Crippen molar-refractivity contribution >= 4 is 11.5 Å². The molecule has 1 heterocycles. The van der Waals surface area contributed by atoms with Gasteiger partial charge in [-0.05, 0) is 50.6 Å². The molecule has 0 aromatic heterocycles. The van der Waals surface area contributed by atoms with Crippen molar-refractivity contribution in [1.29, 1.82) is 0 Å². The van der Waals surface area contributed by atoms with Crippen molar-refractivity contribution < 1.29 is 14.5 Å². The van der Waals surface area contributed by atoms with E-state index in [4.69, 9.17) is 4.74 Å². The molecule has 2 aromatic rings. The van der Waals surface area contributed by atoms with Crippen LogP contribution in [-0.2, 0) is 4.74 Å². The molecule has 1 atom stereocenters.